The number of hydrogen-bond acceptors (Lipinski definition) is 5. The smallest absolute Gasteiger partial charge is 0.305 e. The van der Waals surface area contributed by atoms with Crippen LogP contribution in [0.1, 0.15) is 19.8 Å². The molecule has 1 aliphatic rings. The number of rotatable bonds is 10. The normalized spacial score (nSPS) is 14.1. The van der Waals surface area contributed by atoms with Gasteiger partial charge in [0.05, 0.1) is 18.7 Å². The van der Waals surface area contributed by atoms with Crippen molar-refractivity contribution < 1.29 is 28.7 Å². The van der Waals surface area contributed by atoms with Crippen LogP contribution in [-0.2, 0) is 19.2 Å². The van der Waals surface area contributed by atoms with Crippen LogP contribution in [0.2, 0.25) is 0 Å². The summed E-state index contributed by atoms with van der Waals surface area (Å²) in [6.07, 6.45) is 7.57. The highest BCUT2D eigenvalue weighted by molar-refractivity contribution is 5.97. The maximum atomic E-state index is 12.4. The van der Waals surface area contributed by atoms with Crippen LogP contribution in [0, 0.1) is 0 Å². The fraction of sp³-hybridized carbons (Fsp3) is 0.333. The number of ketones is 1. The number of nitrogens with one attached hydrogen (secondary N) is 3. The molecule has 1 rings (SSSR count). The summed E-state index contributed by atoms with van der Waals surface area (Å²) in [5.41, 5.74) is 1.58. The second-order valence-corrected chi connectivity index (χ2v) is 5.74. The third kappa shape index (κ3) is 7.68. The predicted octanol–water partition coefficient (Wildman–Crippen LogP) is 0.494. The zero-order valence-electron chi connectivity index (χ0n) is 14.9. The van der Waals surface area contributed by atoms with Crippen LogP contribution in [0.15, 0.2) is 47.9 Å². The number of hydrogen-bond donors (Lipinski definition) is 4. The Morgan fingerprint density at radius 1 is 1.26 bits per heavy atom. The van der Waals surface area contributed by atoms with Crippen molar-refractivity contribution >= 4 is 23.6 Å². The van der Waals surface area contributed by atoms with Gasteiger partial charge in [-0.1, -0.05) is 24.8 Å². The molecule has 146 valence electrons. The van der Waals surface area contributed by atoms with Crippen LogP contribution in [0.5, 0.6) is 0 Å². The van der Waals surface area contributed by atoms with E-state index in [9.17, 15) is 23.6 Å². The summed E-state index contributed by atoms with van der Waals surface area (Å²) in [4.78, 5) is 45.8. The number of amides is 2. The van der Waals surface area contributed by atoms with E-state index in [0.717, 1.165) is 12.0 Å². The molecule has 9 heteroatoms. The molecule has 0 saturated heterocycles. The lowest BCUT2D eigenvalue weighted by atomic mass is 10.1. The zero-order valence-corrected chi connectivity index (χ0v) is 14.9. The second-order valence-electron chi connectivity index (χ2n) is 5.74. The highest BCUT2D eigenvalue weighted by atomic mass is 19.1. The number of carbonyl (C=O) groups is 4. The van der Waals surface area contributed by atoms with Crippen LogP contribution in [0.4, 0.5) is 4.39 Å². The zero-order chi connectivity index (χ0) is 20.4. The first kappa shape index (κ1) is 21.8. The minimum atomic E-state index is -1.49. The van der Waals surface area contributed by atoms with E-state index in [0.29, 0.717) is 5.70 Å². The van der Waals surface area contributed by atoms with Gasteiger partial charge in [0.1, 0.15) is 12.7 Å². The minimum Gasteiger partial charge on any atom is -0.481 e. The Balaban J connectivity index is 2.55. The molecule has 0 fully saturated rings. The molecule has 0 aromatic heterocycles. The Hall–Kier alpha value is -3.23. The van der Waals surface area contributed by atoms with Crippen LogP contribution in [0.3, 0.4) is 0 Å². The van der Waals surface area contributed by atoms with Gasteiger partial charge in [0.15, 0.2) is 5.78 Å². The highest BCUT2D eigenvalue weighted by Crippen LogP contribution is 2.11. The number of carbonyl (C=O) groups excluding carboxylic acids is 3. The van der Waals surface area contributed by atoms with Gasteiger partial charge in [-0.2, -0.15) is 0 Å². The molecule has 4 N–H and O–H groups in total. The number of alkyl halides is 1. The third-order valence-electron chi connectivity index (χ3n) is 3.55. The summed E-state index contributed by atoms with van der Waals surface area (Å²) >= 11 is 0. The molecule has 1 atom stereocenters. The Morgan fingerprint density at radius 2 is 1.93 bits per heavy atom. The standard InChI is InChI=1S/C18H22FN3O5/c1-11-6-4-3-5-7-13(11)21-12(2)18(27)20-10-16(24)22-14(8-17(25)26)15(23)9-19/h4-7,14,21H,2-3,8-10H2,1H3,(H,20,27)(H,22,24)(H,25,26). The van der Waals surface area contributed by atoms with Crippen molar-refractivity contribution in [1.82, 2.24) is 16.0 Å². The molecular weight excluding hydrogens is 357 g/mol. The van der Waals surface area contributed by atoms with Crippen LogP contribution < -0.4 is 16.0 Å². The van der Waals surface area contributed by atoms with Crippen molar-refractivity contribution in [2.45, 2.75) is 25.8 Å². The predicted molar refractivity (Wildman–Crippen MR) is 96.0 cm³/mol. The van der Waals surface area contributed by atoms with Gasteiger partial charge in [0, 0.05) is 5.70 Å². The third-order valence-corrected chi connectivity index (χ3v) is 3.55. The fourth-order valence-electron chi connectivity index (χ4n) is 2.12. The van der Waals surface area contributed by atoms with Crippen LogP contribution in [-0.4, -0.2) is 47.9 Å². The van der Waals surface area contributed by atoms with Gasteiger partial charge in [-0.3, -0.25) is 19.2 Å². The molecule has 2 amide bonds. The Kier molecular flexibility index (Phi) is 8.64. The first-order valence-electron chi connectivity index (χ1n) is 8.12. The topological polar surface area (TPSA) is 125 Å². The van der Waals surface area contributed by atoms with Gasteiger partial charge in [-0.15, -0.1) is 0 Å². The molecule has 0 saturated carbocycles. The van der Waals surface area contributed by atoms with Gasteiger partial charge < -0.3 is 21.1 Å². The molecule has 0 radical (unpaired) electrons. The maximum absolute atomic E-state index is 12.4. The monoisotopic (exact) mass is 379 g/mol. The fourth-order valence-corrected chi connectivity index (χ4v) is 2.12. The summed E-state index contributed by atoms with van der Waals surface area (Å²) in [7, 11) is 0. The average Bonchev–Trinajstić information content (AvgIpc) is 2.82. The number of aliphatic carboxylic acids is 1. The number of Topliss-reactive ketones (excluding diaryl/α,β-unsaturated/α-hetero) is 1. The largest absolute Gasteiger partial charge is 0.481 e. The maximum Gasteiger partial charge on any atom is 0.305 e. The second kappa shape index (κ2) is 10.7. The molecule has 1 unspecified atom stereocenters. The SMILES string of the molecule is C=C(NC1=C(C)C=CCC=C1)C(=O)NCC(=O)NC(CC(=O)O)C(=O)CF. The van der Waals surface area contributed by atoms with Crippen molar-refractivity contribution in [3.63, 3.8) is 0 Å². The van der Waals surface area contributed by atoms with Gasteiger partial charge in [-0.25, -0.2) is 4.39 Å². The average molecular weight is 379 g/mol. The molecule has 1 aliphatic carbocycles. The van der Waals surface area contributed by atoms with E-state index >= 15 is 0 Å². The lowest BCUT2D eigenvalue weighted by Crippen LogP contribution is -2.47. The highest BCUT2D eigenvalue weighted by Gasteiger charge is 2.23. The van der Waals surface area contributed by atoms with E-state index in [1.165, 1.54) is 0 Å². The van der Waals surface area contributed by atoms with Crippen LogP contribution in [0.25, 0.3) is 0 Å². The van der Waals surface area contributed by atoms with E-state index in [4.69, 9.17) is 5.11 Å². The van der Waals surface area contributed by atoms with Crippen molar-refractivity contribution in [3.05, 3.63) is 47.9 Å². The molecule has 27 heavy (non-hydrogen) atoms. The number of halogens is 1. The molecule has 0 aliphatic heterocycles. The molecule has 0 aromatic rings. The Bertz CT molecular complexity index is 725. The summed E-state index contributed by atoms with van der Waals surface area (Å²) in [6, 6.07) is -1.49. The first-order chi connectivity index (χ1) is 12.7. The van der Waals surface area contributed by atoms with Gasteiger partial charge >= 0.3 is 5.97 Å². The van der Waals surface area contributed by atoms with Gasteiger partial charge in [0.2, 0.25) is 5.91 Å². The van der Waals surface area contributed by atoms with E-state index in [1.54, 1.807) is 6.08 Å². The quantitative estimate of drug-likeness (QED) is 0.410. The lowest BCUT2D eigenvalue weighted by molar-refractivity contribution is -0.140. The van der Waals surface area contributed by atoms with Crippen molar-refractivity contribution in [2.75, 3.05) is 13.2 Å². The van der Waals surface area contributed by atoms with Crippen molar-refractivity contribution in [3.8, 4) is 0 Å². The Morgan fingerprint density at radius 3 is 2.56 bits per heavy atom. The minimum absolute atomic E-state index is 0.000907. The number of carboxylic acids is 1. The molecular formula is C18H22FN3O5. The van der Waals surface area contributed by atoms with E-state index in [-0.39, 0.29) is 5.70 Å². The summed E-state index contributed by atoms with van der Waals surface area (Å²) in [5.74, 6) is -3.90. The molecule has 8 nitrogen and oxygen atoms in total. The first-order valence-corrected chi connectivity index (χ1v) is 8.12. The van der Waals surface area contributed by atoms with Gasteiger partial charge in [0.25, 0.3) is 5.91 Å². The van der Waals surface area contributed by atoms with E-state index < -0.39 is 49.2 Å². The van der Waals surface area contributed by atoms with Crippen molar-refractivity contribution in [1.29, 1.82) is 0 Å². The molecule has 0 spiro atoms. The van der Waals surface area contributed by atoms with E-state index in [2.05, 4.69) is 22.5 Å². The molecule has 0 bridgehead atoms. The number of allylic oxidation sites excluding steroid dienone is 5. The Labute approximate surface area is 155 Å². The van der Waals surface area contributed by atoms with Crippen molar-refractivity contribution in [2.24, 2.45) is 0 Å². The number of carboxylic acid groups (broad SMARTS) is 1. The summed E-state index contributed by atoms with van der Waals surface area (Å²) < 4.78 is 12.4. The summed E-state index contributed by atoms with van der Waals surface area (Å²) in [5, 5.41) is 15.9. The molecule has 0 aromatic carbocycles. The van der Waals surface area contributed by atoms with Crippen LogP contribution >= 0.6 is 0 Å². The van der Waals surface area contributed by atoms with Gasteiger partial charge in [-0.05, 0) is 25.0 Å². The summed E-state index contributed by atoms with van der Waals surface area (Å²) in [6.45, 7) is 3.54. The molecule has 0 heterocycles. The van der Waals surface area contributed by atoms with E-state index in [1.807, 2.05) is 25.2 Å². The lowest BCUT2D eigenvalue weighted by Gasteiger charge is -2.15.